The minimum absolute atomic E-state index is 0.106. The zero-order chi connectivity index (χ0) is 11.5. The second kappa shape index (κ2) is 4.80. The van der Waals surface area contributed by atoms with E-state index in [-0.39, 0.29) is 6.61 Å². The number of carbonyl (C=O) groups is 1. The minimum Gasteiger partial charge on any atom is -0.442 e. The molecule has 0 unspecified atom stereocenters. The van der Waals surface area contributed by atoms with Gasteiger partial charge in [-0.2, -0.15) is 8.42 Å². The van der Waals surface area contributed by atoms with Crippen molar-refractivity contribution in [3.63, 3.8) is 0 Å². The number of ether oxygens (including phenoxy) is 1. The number of carbonyl (C=O) groups excluding carboxylic acids is 1. The van der Waals surface area contributed by atoms with Crippen molar-refractivity contribution in [2.75, 3.05) is 26.0 Å². The molecule has 1 heterocycles. The Morgan fingerprint density at radius 1 is 1.60 bits per heavy atom. The monoisotopic (exact) mass is 237 g/mol. The van der Waals surface area contributed by atoms with Crippen molar-refractivity contribution >= 4 is 16.2 Å². The maximum absolute atomic E-state index is 11.2. The highest BCUT2D eigenvalue weighted by Crippen LogP contribution is 2.12. The highest BCUT2D eigenvalue weighted by atomic mass is 32.2. The van der Waals surface area contributed by atoms with Crippen LogP contribution in [-0.2, 0) is 19.0 Å². The highest BCUT2D eigenvalue weighted by molar-refractivity contribution is 7.85. The van der Waals surface area contributed by atoms with Gasteiger partial charge in [-0.1, -0.05) is 6.92 Å². The van der Waals surface area contributed by atoms with Gasteiger partial charge in [0, 0.05) is 6.54 Å². The molecule has 0 aromatic heterocycles. The molecule has 0 aliphatic carbocycles. The van der Waals surface area contributed by atoms with Gasteiger partial charge in [0.2, 0.25) is 0 Å². The second-order valence-electron chi connectivity index (χ2n) is 3.44. The smallest absolute Gasteiger partial charge is 0.410 e. The standard InChI is InChI=1S/C8H15NO5S/c1-3-4-9-5-7(14-8(9)10)6-13-15(2,11)12/h7H,3-6H2,1-2H3/t7-/m0/s1. The van der Waals surface area contributed by atoms with Gasteiger partial charge in [-0.15, -0.1) is 0 Å². The molecule has 7 heteroatoms. The molecule has 1 aliphatic heterocycles. The average molecular weight is 237 g/mol. The molecule has 0 radical (unpaired) electrons. The average Bonchev–Trinajstić information content (AvgIpc) is 2.44. The predicted molar refractivity (Wildman–Crippen MR) is 52.9 cm³/mol. The SMILES string of the molecule is CCCN1C[C@@H](COS(C)(=O)=O)OC1=O. The Morgan fingerprint density at radius 3 is 2.80 bits per heavy atom. The Hall–Kier alpha value is -0.820. The third-order valence-corrected chi connectivity index (χ3v) is 2.48. The van der Waals surface area contributed by atoms with Gasteiger partial charge in [-0.25, -0.2) is 4.79 Å². The molecular formula is C8H15NO5S. The molecule has 1 amide bonds. The van der Waals surface area contributed by atoms with Gasteiger partial charge >= 0.3 is 6.09 Å². The van der Waals surface area contributed by atoms with E-state index in [1.165, 1.54) is 4.90 Å². The summed E-state index contributed by atoms with van der Waals surface area (Å²) < 4.78 is 30.9. The summed E-state index contributed by atoms with van der Waals surface area (Å²) >= 11 is 0. The minimum atomic E-state index is -3.47. The Labute approximate surface area is 89.3 Å². The van der Waals surface area contributed by atoms with E-state index in [4.69, 9.17) is 4.74 Å². The molecule has 1 atom stereocenters. The second-order valence-corrected chi connectivity index (χ2v) is 5.08. The van der Waals surface area contributed by atoms with Crippen molar-refractivity contribution in [2.24, 2.45) is 0 Å². The van der Waals surface area contributed by atoms with Gasteiger partial charge in [0.05, 0.1) is 12.8 Å². The molecule has 0 N–H and O–H groups in total. The lowest BCUT2D eigenvalue weighted by molar-refractivity contribution is 0.105. The lowest BCUT2D eigenvalue weighted by atomic mass is 10.3. The third-order valence-electron chi connectivity index (χ3n) is 1.91. The van der Waals surface area contributed by atoms with Crippen LogP contribution in [-0.4, -0.2) is 51.5 Å². The number of nitrogens with zero attached hydrogens (tertiary/aromatic N) is 1. The van der Waals surface area contributed by atoms with E-state index in [2.05, 4.69) is 4.18 Å². The van der Waals surface area contributed by atoms with E-state index < -0.39 is 22.3 Å². The fraction of sp³-hybridized carbons (Fsp3) is 0.875. The van der Waals surface area contributed by atoms with E-state index in [1.807, 2.05) is 6.92 Å². The molecule has 1 fully saturated rings. The van der Waals surface area contributed by atoms with Crippen molar-refractivity contribution in [3.05, 3.63) is 0 Å². The van der Waals surface area contributed by atoms with Crippen molar-refractivity contribution in [1.29, 1.82) is 0 Å². The number of amides is 1. The molecule has 1 aliphatic rings. The number of rotatable bonds is 5. The number of hydrogen-bond acceptors (Lipinski definition) is 5. The van der Waals surface area contributed by atoms with Gasteiger partial charge < -0.3 is 9.64 Å². The van der Waals surface area contributed by atoms with E-state index in [1.54, 1.807) is 0 Å². The molecule has 0 aromatic rings. The topological polar surface area (TPSA) is 72.9 Å². The summed E-state index contributed by atoms with van der Waals surface area (Å²) in [5.41, 5.74) is 0. The Morgan fingerprint density at radius 2 is 2.27 bits per heavy atom. The summed E-state index contributed by atoms with van der Waals surface area (Å²) in [5, 5.41) is 0. The molecular weight excluding hydrogens is 222 g/mol. The van der Waals surface area contributed by atoms with E-state index >= 15 is 0 Å². The van der Waals surface area contributed by atoms with Gasteiger partial charge in [-0.3, -0.25) is 4.18 Å². The summed E-state index contributed by atoms with van der Waals surface area (Å²) in [6.45, 7) is 2.86. The fourth-order valence-corrected chi connectivity index (χ4v) is 1.71. The number of cyclic esters (lactones) is 1. The van der Waals surface area contributed by atoms with Crippen molar-refractivity contribution in [1.82, 2.24) is 4.90 Å². The molecule has 1 rings (SSSR count). The van der Waals surface area contributed by atoms with Crippen LogP contribution in [0.15, 0.2) is 0 Å². The first-order valence-corrected chi connectivity index (χ1v) is 6.54. The molecule has 1 saturated heterocycles. The van der Waals surface area contributed by atoms with Crippen LogP contribution in [0.25, 0.3) is 0 Å². The van der Waals surface area contributed by atoms with Crippen molar-refractivity contribution < 1.29 is 22.1 Å². The van der Waals surface area contributed by atoms with Crippen molar-refractivity contribution in [3.8, 4) is 0 Å². The maximum Gasteiger partial charge on any atom is 0.410 e. The van der Waals surface area contributed by atoms with Crippen LogP contribution in [0.5, 0.6) is 0 Å². The molecule has 0 spiro atoms. The van der Waals surface area contributed by atoms with Crippen LogP contribution < -0.4 is 0 Å². The predicted octanol–water partition coefficient (Wildman–Crippen LogP) is 0.193. The van der Waals surface area contributed by atoms with Gasteiger partial charge in [0.15, 0.2) is 0 Å². The molecule has 0 saturated carbocycles. The van der Waals surface area contributed by atoms with Crippen LogP contribution in [0, 0.1) is 0 Å². The quantitative estimate of drug-likeness (QED) is 0.638. The zero-order valence-electron chi connectivity index (χ0n) is 8.80. The van der Waals surface area contributed by atoms with E-state index in [9.17, 15) is 13.2 Å². The summed E-state index contributed by atoms with van der Waals surface area (Å²) in [4.78, 5) is 12.7. The van der Waals surface area contributed by atoms with Crippen molar-refractivity contribution in [2.45, 2.75) is 19.4 Å². The largest absolute Gasteiger partial charge is 0.442 e. The molecule has 6 nitrogen and oxygen atoms in total. The lowest BCUT2D eigenvalue weighted by Crippen LogP contribution is -2.27. The maximum atomic E-state index is 11.2. The molecule has 0 bridgehead atoms. The van der Waals surface area contributed by atoms with Gasteiger partial charge in [0.25, 0.3) is 10.1 Å². The molecule has 0 aromatic carbocycles. The normalized spacial score (nSPS) is 21.9. The first kappa shape index (κ1) is 12.3. The number of hydrogen-bond donors (Lipinski definition) is 0. The van der Waals surface area contributed by atoms with E-state index in [0.29, 0.717) is 13.1 Å². The fourth-order valence-electron chi connectivity index (χ4n) is 1.31. The van der Waals surface area contributed by atoms with Crippen LogP contribution in [0.1, 0.15) is 13.3 Å². The Bertz CT molecular complexity index is 326. The van der Waals surface area contributed by atoms with Crippen LogP contribution >= 0.6 is 0 Å². The lowest BCUT2D eigenvalue weighted by Gasteiger charge is -2.10. The molecule has 15 heavy (non-hydrogen) atoms. The third kappa shape index (κ3) is 4.05. The first-order valence-electron chi connectivity index (χ1n) is 4.72. The van der Waals surface area contributed by atoms with Crippen LogP contribution in [0.3, 0.4) is 0 Å². The summed E-state index contributed by atoms with van der Waals surface area (Å²) in [7, 11) is -3.47. The van der Waals surface area contributed by atoms with Crippen LogP contribution in [0.2, 0.25) is 0 Å². The van der Waals surface area contributed by atoms with Crippen LogP contribution in [0.4, 0.5) is 4.79 Å². The Balaban J connectivity index is 2.38. The van der Waals surface area contributed by atoms with Gasteiger partial charge in [-0.05, 0) is 6.42 Å². The van der Waals surface area contributed by atoms with Gasteiger partial charge in [0.1, 0.15) is 12.7 Å². The summed E-state index contributed by atoms with van der Waals surface area (Å²) in [5.74, 6) is 0. The zero-order valence-corrected chi connectivity index (χ0v) is 9.62. The summed E-state index contributed by atoms with van der Waals surface area (Å²) in [6.07, 6.45) is 0.917. The molecule has 88 valence electrons. The highest BCUT2D eigenvalue weighted by Gasteiger charge is 2.31. The first-order chi connectivity index (χ1) is 6.92. The van der Waals surface area contributed by atoms with E-state index in [0.717, 1.165) is 12.7 Å². The summed E-state index contributed by atoms with van der Waals surface area (Å²) in [6, 6.07) is 0. The Kier molecular flexibility index (Phi) is 3.92.